The molecule has 6 unspecified atom stereocenters. The molecule has 18 heavy (non-hydrogen) atoms. The van der Waals surface area contributed by atoms with Crippen molar-refractivity contribution in [3.05, 3.63) is 23.8 Å². The normalized spacial score (nSPS) is 50.2. The third-order valence-electron chi connectivity index (χ3n) is 6.20. The van der Waals surface area contributed by atoms with Crippen LogP contribution < -0.4 is 0 Å². The molecule has 4 aliphatic rings. The topological polar surface area (TPSA) is 20.2 Å². The van der Waals surface area contributed by atoms with E-state index in [9.17, 15) is 5.11 Å². The van der Waals surface area contributed by atoms with Crippen molar-refractivity contribution in [1.82, 2.24) is 0 Å². The SMILES string of the molecule is OC1CCC2C(=CCC3C4CC=CC4CCC23)C1. The predicted octanol–water partition coefficient (Wildman–Crippen LogP) is 3.70. The van der Waals surface area contributed by atoms with E-state index in [2.05, 4.69) is 18.2 Å². The summed E-state index contributed by atoms with van der Waals surface area (Å²) in [4.78, 5) is 0. The molecular weight excluding hydrogens is 220 g/mol. The standard InChI is InChI=1S/C17H24O/c18-13-6-9-15-12(10-13)5-8-16-14-3-1-2-11(14)4-7-17(15)16/h1-2,5,11,13-18H,3-4,6-10H2. The first-order valence-electron chi connectivity index (χ1n) is 7.86. The van der Waals surface area contributed by atoms with Crippen LogP contribution in [0.25, 0.3) is 0 Å². The quantitative estimate of drug-likeness (QED) is 0.644. The summed E-state index contributed by atoms with van der Waals surface area (Å²) in [7, 11) is 0. The molecule has 0 bridgehead atoms. The molecule has 0 aromatic carbocycles. The molecule has 1 N–H and O–H groups in total. The molecule has 1 heteroatoms. The van der Waals surface area contributed by atoms with E-state index >= 15 is 0 Å². The summed E-state index contributed by atoms with van der Waals surface area (Å²) in [5, 5.41) is 9.84. The Morgan fingerprint density at radius 2 is 1.89 bits per heavy atom. The molecule has 0 radical (unpaired) electrons. The molecular formula is C17H24O. The molecule has 0 aliphatic heterocycles. The predicted molar refractivity (Wildman–Crippen MR) is 73.0 cm³/mol. The summed E-state index contributed by atoms with van der Waals surface area (Å²) in [6.07, 6.45) is 16.1. The highest BCUT2D eigenvalue weighted by atomic mass is 16.3. The van der Waals surface area contributed by atoms with Crippen LogP contribution in [0.1, 0.15) is 44.9 Å². The summed E-state index contributed by atoms with van der Waals surface area (Å²) in [5.41, 5.74) is 1.61. The monoisotopic (exact) mass is 244 g/mol. The molecule has 1 nitrogen and oxygen atoms in total. The van der Waals surface area contributed by atoms with E-state index < -0.39 is 0 Å². The Morgan fingerprint density at radius 3 is 2.83 bits per heavy atom. The van der Waals surface area contributed by atoms with E-state index in [1.54, 1.807) is 5.57 Å². The van der Waals surface area contributed by atoms with Crippen molar-refractivity contribution in [3.8, 4) is 0 Å². The van der Waals surface area contributed by atoms with Crippen LogP contribution in [0, 0.1) is 29.6 Å². The lowest BCUT2D eigenvalue weighted by Crippen LogP contribution is -2.41. The molecule has 0 heterocycles. The first-order valence-corrected chi connectivity index (χ1v) is 7.86. The molecule has 0 saturated heterocycles. The van der Waals surface area contributed by atoms with Gasteiger partial charge in [0.05, 0.1) is 6.10 Å². The first-order chi connectivity index (χ1) is 8.83. The molecule has 2 fully saturated rings. The average molecular weight is 244 g/mol. The highest BCUT2D eigenvalue weighted by molar-refractivity contribution is 5.20. The minimum absolute atomic E-state index is 0.0477. The number of aliphatic hydroxyl groups excluding tert-OH is 1. The smallest absolute Gasteiger partial charge is 0.0577 e. The zero-order valence-corrected chi connectivity index (χ0v) is 11.1. The van der Waals surface area contributed by atoms with Gasteiger partial charge in [0.15, 0.2) is 0 Å². The maximum absolute atomic E-state index is 9.84. The minimum Gasteiger partial charge on any atom is -0.393 e. The summed E-state index contributed by atoms with van der Waals surface area (Å²) < 4.78 is 0. The molecule has 0 aromatic rings. The average Bonchev–Trinajstić information content (AvgIpc) is 2.86. The van der Waals surface area contributed by atoms with Crippen molar-refractivity contribution in [2.24, 2.45) is 29.6 Å². The van der Waals surface area contributed by atoms with Gasteiger partial charge in [0.1, 0.15) is 0 Å². The second-order valence-electron chi connectivity index (χ2n) is 6.95. The summed E-state index contributed by atoms with van der Waals surface area (Å²) in [5.74, 6) is 4.57. The van der Waals surface area contributed by atoms with Crippen LogP contribution in [0.4, 0.5) is 0 Å². The largest absolute Gasteiger partial charge is 0.393 e. The van der Waals surface area contributed by atoms with E-state index in [0.29, 0.717) is 0 Å². The number of allylic oxidation sites excluding steroid dienone is 3. The number of fused-ring (bicyclic) bond motifs is 5. The first kappa shape index (κ1) is 11.3. The summed E-state index contributed by atoms with van der Waals surface area (Å²) in [6, 6.07) is 0. The highest BCUT2D eigenvalue weighted by Crippen LogP contribution is 2.54. The van der Waals surface area contributed by atoms with E-state index in [1.807, 2.05) is 0 Å². The Kier molecular flexibility index (Phi) is 2.65. The third kappa shape index (κ3) is 1.63. The fraction of sp³-hybridized carbons (Fsp3) is 0.765. The van der Waals surface area contributed by atoms with Gasteiger partial charge in [-0.1, -0.05) is 23.8 Å². The van der Waals surface area contributed by atoms with Gasteiger partial charge >= 0.3 is 0 Å². The number of aliphatic hydroxyl groups is 1. The van der Waals surface area contributed by atoms with E-state index in [-0.39, 0.29) is 6.10 Å². The van der Waals surface area contributed by atoms with Crippen molar-refractivity contribution >= 4 is 0 Å². The Labute approximate surface area is 110 Å². The lowest BCUT2D eigenvalue weighted by Gasteiger charge is -2.48. The van der Waals surface area contributed by atoms with Crippen molar-refractivity contribution in [3.63, 3.8) is 0 Å². The Bertz CT molecular complexity index is 394. The van der Waals surface area contributed by atoms with E-state index in [0.717, 1.165) is 42.4 Å². The van der Waals surface area contributed by atoms with E-state index in [1.165, 1.54) is 32.1 Å². The maximum atomic E-state index is 9.84. The van der Waals surface area contributed by atoms with Gasteiger partial charge in [-0.05, 0) is 74.5 Å². The fourth-order valence-corrected chi connectivity index (χ4v) is 5.39. The van der Waals surface area contributed by atoms with Crippen molar-refractivity contribution < 1.29 is 5.11 Å². The molecule has 0 aromatic heterocycles. The van der Waals surface area contributed by atoms with Crippen LogP contribution in [0.3, 0.4) is 0 Å². The maximum Gasteiger partial charge on any atom is 0.0577 e. The molecule has 4 rings (SSSR count). The second kappa shape index (κ2) is 4.23. The van der Waals surface area contributed by atoms with Gasteiger partial charge in [-0.3, -0.25) is 0 Å². The highest BCUT2D eigenvalue weighted by Gasteiger charge is 2.45. The summed E-state index contributed by atoms with van der Waals surface area (Å²) >= 11 is 0. The van der Waals surface area contributed by atoms with Crippen LogP contribution in [0.15, 0.2) is 23.8 Å². The fourth-order valence-electron chi connectivity index (χ4n) is 5.39. The van der Waals surface area contributed by atoms with Crippen molar-refractivity contribution in [2.45, 2.75) is 51.0 Å². The Balaban J connectivity index is 1.60. The van der Waals surface area contributed by atoms with Crippen LogP contribution in [-0.4, -0.2) is 11.2 Å². The van der Waals surface area contributed by atoms with Gasteiger partial charge in [-0.2, -0.15) is 0 Å². The van der Waals surface area contributed by atoms with Gasteiger partial charge in [0, 0.05) is 0 Å². The minimum atomic E-state index is -0.0477. The van der Waals surface area contributed by atoms with Gasteiger partial charge in [-0.25, -0.2) is 0 Å². The van der Waals surface area contributed by atoms with Gasteiger partial charge in [0.2, 0.25) is 0 Å². The lowest BCUT2D eigenvalue weighted by molar-refractivity contribution is 0.0495. The lowest BCUT2D eigenvalue weighted by atomic mass is 9.57. The zero-order valence-electron chi connectivity index (χ0n) is 11.1. The van der Waals surface area contributed by atoms with Gasteiger partial charge < -0.3 is 5.11 Å². The molecule has 0 spiro atoms. The third-order valence-corrected chi connectivity index (χ3v) is 6.20. The summed E-state index contributed by atoms with van der Waals surface area (Å²) in [6.45, 7) is 0. The molecule has 2 saturated carbocycles. The van der Waals surface area contributed by atoms with Crippen LogP contribution >= 0.6 is 0 Å². The molecule has 4 aliphatic carbocycles. The van der Waals surface area contributed by atoms with Gasteiger partial charge in [0.25, 0.3) is 0 Å². The molecule has 0 amide bonds. The van der Waals surface area contributed by atoms with Crippen molar-refractivity contribution in [1.29, 1.82) is 0 Å². The number of hydrogen-bond acceptors (Lipinski definition) is 1. The Hall–Kier alpha value is -0.560. The van der Waals surface area contributed by atoms with Gasteiger partial charge in [-0.15, -0.1) is 0 Å². The number of rotatable bonds is 0. The van der Waals surface area contributed by atoms with Crippen LogP contribution in [0.2, 0.25) is 0 Å². The van der Waals surface area contributed by atoms with Crippen molar-refractivity contribution in [2.75, 3.05) is 0 Å². The Morgan fingerprint density at radius 1 is 0.944 bits per heavy atom. The molecule has 98 valence electrons. The van der Waals surface area contributed by atoms with Crippen LogP contribution in [0.5, 0.6) is 0 Å². The number of hydrogen-bond donors (Lipinski definition) is 1. The zero-order chi connectivity index (χ0) is 12.1. The second-order valence-corrected chi connectivity index (χ2v) is 6.95. The van der Waals surface area contributed by atoms with Crippen LogP contribution in [-0.2, 0) is 0 Å². The molecule has 6 atom stereocenters. The van der Waals surface area contributed by atoms with E-state index in [4.69, 9.17) is 0 Å².